The van der Waals surface area contributed by atoms with Crippen molar-refractivity contribution in [3.05, 3.63) is 67.3 Å². The van der Waals surface area contributed by atoms with Gasteiger partial charge in [0.2, 0.25) is 0 Å². The molecule has 0 atom stereocenters. The highest BCUT2D eigenvalue weighted by atomic mass is 14.1. The third-order valence-electron chi connectivity index (χ3n) is 2.56. The Kier molecular flexibility index (Phi) is 2.68. The molecule has 0 saturated carbocycles. The lowest BCUT2D eigenvalue weighted by atomic mass is 9.97. The van der Waals surface area contributed by atoms with Crippen molar-refractivity contribution in [3.8, 4) is 0 Å². The summed E-state index contributed by atoms with van der Waals surface area (Å²) in [5.74, 6) is 0. The molecule has 0 heterocycles. The fourth-order valence-electron chi connectivity index (χ4n) is 1.82. The Balaban J connectivity index is 2.60. The van der Waals surface area contributed by atoms with Gasteiger partial charge in [-0.1, -0.05) is 55.1 Å². The fourth-order valence-corrected chi connectivity index (χ4v) is 1.82. The molecule has 0 aliphatic heterocycles. The SMILES string of the molecule is C=CCC(=C)c1cccc2ccccc12. The Morgan fingerprint density at radius 1 is 1.07 bits per heavy atom. The Morgan fingerprint density at radius 3 is 2.60 bits per heavy atom. The largest absolute Gasteiger partial charge is 0.103 e. The Morgan fingerprint density at radius 2 is 1.80 bits per heavy atom. The standard InChI is InChI=1S/C15H14/c1-3-7-12(2)14-11-6-9-13-8-4-5-10-15(13)14/h3-6,8-11H,1-2,7H2. The minimum atomic E-state index is 0.841. The maximum absolute atomic E-state index is 4.09. The summed E-state index contributed by atoms with van der Waals surface area (Å²) in [5, 5.41) is 2.53. The van der Waals surface area contributed by atoms with Gasteiger partial charge in [0.15, 0.2) is 0 Å². The minimum Gasteiger partial charge on any atom is -0.103 e. The number of hydrogen-bond donors (Lipinski definition) is 0. The van der Waals surface area contributed by atoms with E-state index in [2.05, 4.69) is 55.6 Å². The van der Waals surface area contributed by atoms with Gasteiger partial charge in [0.25, 0.3) is 0 Å². The van der Waals surface area contributed by atoms with E-state index in [1.807, 2.05) is 6.08 Å². The van der Waals surface area contributed by atoms with Gasteiger partial charge in [-0.25, -0.2) is 0 Å². The molecule has 15 heavy (non-hydrogen) atoms. The van der Waals surface area contributed by atoms with Crippen LogP contribution in [0.1, 0.15) is 12.0 Å². The first kappa shape index (κ1) is 9.72. The van der Waals surface area contributed by atoms with Gasteiger partial charge >= 0.3 is 0 Å². The van der Waals surface area contributed by atoms with Crippen LogP contribution in [0.5, 0.6) is 0 Å². The van der Waals surface area contributed by atoms with Crippen molar-refractivity contribution >= 4 is 16.3 Å². The summed E-state index contributed by atoms with van der Waals surface area (Å²) in [6, 6.07) is 14.7. The van der Waals surface area contributed by atoms with Gasteiger partial charge in [0.1, 0.15) is 0 Å². The monoisotopic (exact) mass is 194 g/mol. The zero-order valence-corrected chi connectivity index (χ0v) is 8.74. The smallest absolute Gasteiger partial charge is 0.00998 e. The molecule has 74 valence electrons. The zero-order chi connectivity index (χ0) is 10.7. The molecule has 0 nitrogen and oxygen atoms in total. The van der Waals surface area contributed by atoms with E-state index in [-0.39, 0.29) is 0 Å². The average molecular weight is 194 g/mol. The van der Waals surface area contributed by atoms with E-state index in [4.69, 9.17) is 0 Å². The maximum atomic E-state index is 4.09. The molecule has 2 rings (SSSR count). The lowest BCUT2D eigenvalue weighted by molar-refractivity contribution is 1.43. The first-order valence-electron chi connectivity index (χ1n) is 5.09. The maximum Gasteiger partial charge on any atom is -0.00998 e. The molecule has 0 unspecified atom stereocenters. The molecule has 0 heteroatoms. The predicted octanol–water partition coefficient (Wildman–Crippen LogP) is 4.43. The van der Waals surface area contributed by atoms with Crippen LogP contribution in [0.25, 0.3) is 16.3 Å². The van der Waals surface area contributed by atoms with Crippen molar-refractivity contribution < 1.29 is 0 Å². The Labute approximate surface area is 90.6 Å². The molecule has 0 fully saturated rings. The quantitative estimate of drug-likeness (QED) is 0.634. The highest BCUT2D eigenvalue weighted by Crippen LogP contribution is 2.25. The summed E-state index contributed by atoms with van der Waals surface area (Å²) < 4.78 is 0. The van der Waals surface area contributed by atoms with Gasteiger partial charge < -0.3 is 0 Å². The van der Waals surface area contributed by atoms with Gasteiger partial charge in [-0.3, -0.25) is 0 Å². The molecule has 0 N–H and O–H groups in total. The lowest BCUT2D eigenvalue weighted by Gasteiger charge is -2.07. The minimum absolute atomic E-state index is 0.841. The normalized spacial score (nSPS) is 10.1. The van der Waals surface area contributed by atoms with E-state index in [0.717, 1.165) is 12.0 Å². The molecule has 0 bridgehead atoms. The number of hydrogen-bond acceptors (Lipinski definition) is 0. The average Bonchev–Trinajstić information content (AvgIpc) is 2.28. The zero-order valence-electron chi connectivity index (χ0n) is 8.74. The molecular weight excluding hydrogens is 180 g/mol. The van der Waals surface area contributed by atoms with E-state index in [1.165, 1.54) is 16.3 Å². The number of fused-ring (bicyclic) bond motifs is 1. The second kappa shape index (κ2) is 4.14. The van der Waals surface area contributed by atoms with Crippen LogP contribution in [0.3, 0.4) is 0 Å². The molecule has 0 amide bonds. The van der Waals surface area contributed by atoms with Crippen LogP contribution in [-0.4, -0.2) is 0 Å². The lowest BCUT2D eigenvalue weighted by Crippen LogP contribution is -1.84. The second-order valence-corrected chi connectivity index (χ2v) is 3.62. The number of rotatable bonds is 3. The van der Waals surface area contributed by atoms with E-state index in [0.29, 0.717) is 0 Å². The highest BCUT2D eigenvalue weighted by Gasteiger charge is 2.01. The van der Waals surface area contributed by atoms with E-state index < -0.39 is 0 Å². The molecule has 2 aromatic carbocycles. The second-order valence-electron chi connectivity index (χ2n) is 3.62. The molecule has 0 radical (unpaired) electrons. The summed E-state index contributed by atoms with van der Waals surface area (Å²) in [6.45, 7) is 7.84. The Bertz CT molecular complexity index is 501. The van der Waals surface area contributed by atoms with Crippen LogP contribution in [0, 0.1) is 0 Å². The van der Waals surface area contributed by atoms with Gasteiger partial charge in [-0.05, 0) is 28.3 Å². The van der Waals surface area contributed by atoms with Crippen LogP contribution in [0.4, 0.5) is 0 Å². The number of benzene rings is 2. The topological polar surface area (TPSA) is 0 Å². The summed E-state index contributed by atoms with van der Waals surface area (Å²) in [6.07, 6.45) is 2.73. The van der Waals surface area contributed by atoms with Crippen LogP contribution >= 0.6 is 0 Å². The number of allylic oxidation sites excluding steroid dienone is 2. The van der Waals surface area contributed by atoms with Crippen LogP contribution < -0.4 is 0 Å². The van der Waals surface area contributed by atoms with Crippen molar-refractivity contribution in [1.82, 2.24) is 0 Å². The Hall–Kier alpha value is -1.82. The summed E-state index contributed by atoms with van der Waals surface area (Å²) in [5.41, 5.74) is 2.36. The van der Waals surface area contributed by atoms with Gasteiger partial charge in [-0.15, -0.1) is 6.58 Å². The van der Waals surface area contributed by atoms with E-state index in [1.54, 1.807) is 0 Å². The molecule has 0 saturated heterocycles. The molecule has 2 aromatic rings. The molecular formula is C15H14. The third kappa shape index (κ3) is 1.84. The van der Waals surface area contributed by atoms with E-state index in [9.17, 15) is 0 Å². The van der Waals surface area contributed by atoms with Crippen molar-refractivity contribution in [1.29, 1.82) is 0 Å². The molecule has 0 aliphatic rings. The summed E-state index contributed by atoms with van der Waals surface area (Å²) in [7, 11) is 0. The van der Waals surface area contributed by atoms with Crippen LogP contribution in [0.2, 0.25) is 0 Å². The fraction of sp³-hybridized carbons (Fsp3) is 0.0667. The van der Waals surface area contributed by atoms with Gasteiger partial charge in [0, 0.05) is 0 Å². The molecule has 0 spiro atoms. The molecule has 0 aliphatic carbocycles. The van der Waals surface area contributed by atoms with Gasteiger partial charge in [0.05, 0.1) is 0 Å². The summed E-state index contributed by atoms with van der Waals surface area (Å²) >= 11 is 0. The van der Waals surface area contributed by atoms with Crippen molar-refractivity contribution in [2.75, 3.05) is 0 Å². The van der Waals surface area contributed by atoms with Crippen molar-refractivity contribution in [2.24, 2.45) is 0 Å². The van der Waals surface area contributed by atoms with Crippen molar-refractivity contribution in [2.45, 2.75) is 6.42 Å². The van der Waals surface area contributed by atoms with Gasteiger partial charge in [-0.2, -0.15) is 0 Å². The predicted molar refractivity (Wildman–Crippen MR) is 67.8 cm³/mol. The highest BCUT2D eigenvalue weighted by molar-refractivity contribution is 5.93. The van der Waals surface area contributed by atoms with Crippen LogP contribution in [-0.2, 0) is 0 Å². The third-order valence-corrected chi connectivity index (χ3v) is 2.56. The van der Waals surface area contributed by atoms with Crippen LogP contribution in [0.15, 0.2) is 61.7 Å². The summed E-state index contributed by atoms with van der Waals surface area (Å²) in [4.78, 5) is 0. The first-order valence-corrected chi connectivity index (χ1v) is 5.09. The molecule has 0 aromatic heterocycles. The first-order chi connectivity index (χ1) is 7.33. The van der Waals surface area contributed by atoms with Crippen molar-refractivity contribution in [3.63, 3.8) is 0 Å². The van der Waals surface area contributed by atoms with E-state index >= 15 is 0 Å².